The van der Waals surface area contributed by atoms with E-state index >= 15 is 0 Å². The second-order valence-electron chi connectivity index (χ2n) is 4.67. The van der Waals surface area contributed by atoms with Crippen molar-refractivity contribution in [2.45, 2.75) is 20.3 Å². The van der Waals surface area contributed by atoms with Crippen molar-refractivity contribution in [1.82, 2.24) is 4.90 Å². The standard InChI is InChI=1S/C14H14ClNO2S2.2CO2/c1-3-4-16-13(18)11(20-14(16)19)7-9-5-8(2)12(17)10(15)6-9;2*2-1-3/h5-7,17H,3-4H2,1-2H3;;/b11-7-;;. The van der Waals surface area contributed by atoms with Crippen LogP contribution in [0.5, 0.6) is 5.75 Å². The van der Waals surface area contributed by atoms with E-state index in [1.165, 1.54) is 11.8 Å². The van der Waals surface area contributed by atoms with Crippen molar-refractivity contribution in [3.8, 4) is 5.75 Å². The summed E-state index contributed by atoms with van der Waals surface area (Å²) in [5, 5.41) is 9.92. The van der Waals surface area contributed by atoms with E-state index in [4.69, 9.17) is 43.0 Å². The Labute approximate surface area is 164 Å². The van der Waals surface area contributed by atoms with Crippen LogP contribution in [0.3, 0.4) is 0 Å². The Balaban J connectivity index is 0.000000918. The van der Waals surface area contributed by atoms with Crippen LogP contribution in [0.2, 0.25) is 5.02 Å². The number of aromatic hydroxyl groups is 1. The van der Waals surface area contributed by atoms with Gasteiger partial charge >= 0.3 is 12.3 Å². The van der Waals surface area contributed by atoms with E-state index in [2.05, 4.69) is 0 Å². The van der Waals surface area contributed by atoms with Crippen LogP contribution in [-0.2, 0) is 24.0 Å². The van der Waals surface area contributed by atoms with Crippen molar-refractivity contribution in [1.29, 1.82) is 0 Å². The summed E-state index contributed by atoms with van der Waals surface area (Å²) in [7, 11) is 0. The van der Waals surface area contributed by atoms with Gasteiger partial charge < -0.3 is 5.11 Å². The van der Waals surface area contributed by atoms with Crippen LogP contribution in [0.1, 0.15) is 24.5 Å². The number of carbonyl (C=O) groups excluding carboxylic acids is 5. The molecule has 1 aliphatic rings. The summed E-state index contributed by atoms with van der Waals surface area (Å²) in [6.07, 6.45) is 3.12. The number of thioether (sulfide) groups is 1. The fraction of sp³-hybridized carbons (Fsp3) is 0.250. The molecule has 2 rings (SSSR count). The number of amides is 1. The SMILES string of the molecule is CCCN1C(=O)/C(=C/c2cc(C)c(O)c(Cl)c2)SC1=S.O=C=O.O=C=O. The highest BCUT2D eigenvalue weighted by molar-refractivity contribution is 8.26. The molecule has 1 heterocycles. The van der Waals surface area contributed by atoms with Gasteiger partial charge in [-0.2, -0.15) is 19.2 Å². The molecular weight excluding hydrogens is 402 g/mol. The highest BCUT2D eigenvalue weighted by atomic mass is 35.5. The Morgan fingerprint density at radius 2 is 1.81 bits per heavy atom. The summed E-state index contributed by atoms with van der Waals surface area (Å²) in [5.74, 6) is 0.00560. The van der Waals surface area contributed by atoms with Crippen LogP contribution < -0.4 is 0 Å². The van der Waals surface area contributed by atoms with E-state index in [0.717, 1.165) is 12.0 Å². The zero-order valence-corrected chi connectivity index (χ0v) is 16.2. The second-order valence-corrected chi connectivity index (χ2v) is 6.75. The van der Waals surface area contributed by atoms with Gasteiger partial charge in [-0.1, -0.05) is 42.5 Å². The highest BCUT2D eigenvalue weighted by Crippen LogP contribution is 2.34. The summed E-state index contributed by atoms with van der Waals surface area (Å²) in [5.41, 5.74) is 1.45. The number of hydrogen-bond donors (Lipinski definition) is 1. The summed E-state index contributed by atoms with van der Waals surface area (Å²) in [4.78, 5) is 46.9. The molecule has 0 aliphatic carbocycles. The van der Waals surface area contributed by atoms with Crippen molar-refractivity contribution in [2.24, 2.45) is 0 Å². The molecule has 0 atom stereocenters. The van der Waals surface area contributed by atoms with Gasteiger partial charge in [0, 0.05) is 6.54 Å². The number of aryl methyl sites for hydroxylation is 1. The van der Waals surface area contributed by atoms with Crippen LogP contribution in [0.4, 0.5) is 0 Å². The molecule has 0 unspecified atom stereocenters. The molecule has 1 fully saturated rings. The van der Waals surface area contributed by atoms with E-state index < -0.39 is 0 Å². The Hall–Kier alpha value is -2.28. The fourth-order valence-corrected chi connectivity index (χ4v) is 3.50. The molecule has 26 heavy (non-hydrogen) atoms. The number of halogens is 1. The Morgan fingerprint density at radius 1 is 1.27 bits per heavy atom. The molecule has 7 nitrogen and oxygen atoms in total. The first-order valence-electron chi connectivity index (χ1n) is 7.00. The Morgan fingerprint density at radius 3 is 2.27 bits per heavy atom. The van der Waals surface area contributed by atoms with Crippen LogP contribution in [0.15, 0.2) is 17.0 Å². The van der Waals surface area contributed by atoms with Crippen LogP contribution in [-0.4, -0.2) is 39.1 Å². The lowest BCUT2D eigenvalue weighted by Crippen LogP contribution is -2.28. The average Bonchev–Trinajstić information content (AvgIpc) is 2.82. The number of carbonyl (C=O) groups is 1. The average molecular weight is 416 g/mol. The van der Waals surface area contributed by atoms with Gasteiger partial charge in [0.1, 0.15) is 10.1 Å². The van der Waals surface area contributed by atoms with Gasteiger partial charge in [0.15, 0.2) is 0 Å². The maximum atomic E-state index is 12.2. The third-order valence-electron chi connectivity index (χ3n) is 2.89. The zero-order chi connectivity index (χ0) is 20.3. The molecule has 1 aromatic carbocycles. The van der Waals surface area contributed by atoms with E-state index in [0.29, 0.717) is 21.3 Å². The topological polar surface area (TPSA) is 109 Å². The molecular formula is C16H14ClNO6S2. The van der Waals surface area contributed by atoms with Gasteiger partial charge in [-0.05, 0) is 42.7 Å². The quantitative estimate of drug-likeness (QED) is 0.592. The Bertz CT molecular complexity index is 746. The summed E-state index contributed by atoms with van der Waals surface area (Å²) >= 11 is 12.4. The summed E-state index contributed by atoms with van der Waals surface area (Å²) < 4.78 is 0.588. The molecule has 0 spiro atoms. The van der Waals surface area contributed by atoms with Gasteiger partial charge in [-0.25, -0.2) is 0 Å². The summed E-state index contributed by atoms with van der Waals surface area (Å²) in [6.45, 7) is 4.41. The monoisotopic (exact) mass is 415 g/mol. The number of hydrogen-bond acceptors (Lipinski definition) is 8. The third kappa shape index (κ3) is 6.92. The van der Waals surface area contributed by atoms with Gasteiger partial charge in [-0.15, -0.1) is 0 Å². The van der Waals surface area contributed by atoms with E-state index in [1.54, 1.807) is 30.0 Å². The number of nitrogens with zero attached hydrogens (tertiary/aromatic N) is 1. The summed E-state index contributed by atoms with van der Waals surface area (Å²) in [6, 6.07) is 3.42. The minimum absolute atomic E-state index is 0.0660. The fourth-order valence-electron chi connectivity index (χ4n) is 1.91. The predicted molar refractivity (Wildman–Crippen MR) is 98.0 cm³/mol. The Kier molecular flexibility index (Phi) is 11.1. The van der Waals surface area contributed by atoms with Gasteiger partial charge in [0.25, 0.3) is 5.91 Å². The van der Waals surface area contributed by atoms with Crippen LogP contribution >= 0.6 is 35.6 Å². The molecule has 0 saturated carbocycles. The van der Waals surface area contributed by atoms with Crippen molar-refractivity contribution >= 4 is 64.2 Å². The number of benzene rings is 1. The molecule has 1 amide bonds. The highest BCUT2D eigenvalue weighted by Gasteiger charge is 2.31. The minimum Gasteiger partial charge on any atom is -0.506 e. The normalized spacial score (nSPS) is 14.0. The van der Waals surface area contributed by atoms with Gasteiger partial charge in [0.2, 0.25) is 0 Å². The number of thiocarbonyl (C=S) groups is 1. The van der Waals surface area contributed by atoms with E-state index in [9.17, 15) is 9.90 Å². The first-order chi connectivity index (χ1) is 12.3. The van der Waals surface area contributed by atoms with Gasteiger partial charge in [-0.3, -0.25) is 9.69 Å². The molecule has 0 aromatic heterocycles. The number of phenols is 1. The van der Waals surface area contributed by atoms with E-state index in [1.807, 2.05) is 6.92 Å². The maximum absolute atomic E-state index is 12.2. The second kappa shape index (κ2) is 12.1. The third-order valence-corrected chi connectivity index (χ3v) is 4.56. The molecule has 10 heteroatoms. The lowest BCUT2D eigenvalue weighted by molar-refractivity contribution is -0.193. The molecule has 0 radical (unpaired) electrons. The number of rotatable bonds is 3. The number of phenolic OH excluding ortho intramolecular Hbond substituents is 1. The van der Waals surface area contributed by atoms with Crippen molar-refractivity contribution in [3.63, 3.8) is 0 Å². The molecule has 1 N–H and O–H groups in total. The van der Waals surface area contributed by atoms with E-state index in [-0.39, 0.29) is 29.0 Å². The van der Waals surface area contributed by atoms with Crippen LogP contribution in [0, 0.1) is 6.92 Å². The van der Waals surface area contributed by atoms with Gasteiger partial charge in [0.05, 0.1) is 9.93 Å². The first-order valence-corrected chi connectivity index (χ1v) is 8.60. The smallest absolute Gasteiger partial charge is 0.373 e. The molecule has 1 aromatic rings. The lowest BCUT2D eigenvalue weighted by atomic mass is 10.1. The largest absolute Gasteiger partial charge is 0.506 e. The van der Waals surface area contributed by atoms with Crippen molar-refractivity contribution in [2.75, 3.05) is 6.54 Å². The predicted octanol–water partition coefficient (Wildman–Crippen LogP) is 2.80. The van der Waals surface area contributed by atoms with Crippen molar-refractivity contribution < 1.29 is 29.1 Å². The van der Waals surface area contributed by atoms with Crippen LogP contribution in [0.25, 0.3) is 6.08 Å². The molecule has 0 bridgehead atoms. The zero-order valence-electron chi connectivity index (χ0n) is 13.8. The molecule has 1 aliphatic heterocycles. The molecule has 138 valence electrons. The molecule has 1 saturated heterocycles. The minimum atomic E-state index is -0.0660. The lowest BCUT2D eigenvalue weighted by Gasteiger charge is -2.11. The maximum Gasteiger partial charge on any atom is 0.373 e. The first kappa shape index (κ1) is 23.7. The van der Waals surface area contributed by atoms with Crippen molar-refractivity contribution in [3.05, 3.63) is 33.2 Å².